The van der Waals surface area contributed by atoms with Gasteiger partial charge in [-0.15, -0.1) is 4.91 Å². The average Bonchev–Trinajstić information content (AvgIpc) is 2.69. The van der Waals surface area contributed by atoms with E-state index in [4.69, 9.17) is 15.2 Å². The molecule has 0 bridgehead atoms. The summed E-state index contributed by atoms with van der Waals surface area (Å²) in [7, 11) is 0.269. The van der Waals surface area contributed by atoms with E-state index in [1.165, 1.54) is 23.6 Å². The quantitative estimate of drug-likeness (QED) is 0.359. The fraction of sp³-hybridized carbons (Fsp3) is 0.364. The number of anilines is 1. The highest BCUT2D eigenvalue weighted by Gasteiger charge is 2.17. The van der Waals surface area contributed by atoms with Gasteiger partial charge in [-0.05, 0) is 56.1 Å². The Morgan fingerprint density at radius 3 is 2.33 bits per heavy atom. The van der Waals surface area contributed by atoms with Crippen LogP contribution < -0.4 is 10.5 Å². The van der Waals surface area contributed by atoms with E-state index >= 15 is 0 Å². The number of nitrogens with zero attached hydrogens (tertiary/aromatic N) is 1. The third-order valence-electron chi connectivity index (χ3n) is 4.45. The number of nitroso groups, excluding NO2 is 1. The lowest BCUT2D eigenvalue weighted by Gasteiger charge is -2.26. The van der Waals surface area contributed by atoms with Crippen LogP contribution in [0.25, 0.3) is 0 Å². The van der Waals surface area contributed by atoms with Gasteiger partial charge in [-0.25, -0.2) is 0 Å². The van der Waals surface area contributed by atoms with Crippen LogP contribution in [-0.4, -0.2) is 29.8 Å². The summed E-state index contributed by atoms with van der Waals surface area (Å²) in [6.45, 7) is 8.13. The molecule has 0 spiro atoms. The molecule has 30 heavy (non-hydrogen) atoms. The Morgan fingerprint density at radius 2 is 1.80 bits per heavy atom. The topological polar surface area (TPSA) is 91.0 Å². The SMILES string of the molecule is C=C1CC(C)OC(C)C1.COc1ccccc1Sc1ccc(S(C)=O)c(N=O)c1N. The third kappa shape index (κ3) is 6.42. The van der Waals surface area contributed by atoms with Crippen LogP contribution >= 0.6 is 11.8 Å². The molecule has 0 amide bonds. The zero-order valence-electron chi connectivity index (χ0n) is 17.7. The van der Waals surface area contributed by atoms with E-state index in [1.54, 1.807) is 19.2 Å². The Kier molecular flexibility index (Phi) is 9.08. The number of hydrogen-bond acceptors (Lipinski definition) is 7. The first kappa shape index (κ1) is 24.1. The van der Waals surface area contributed by atoms with Gasteiger partial charge in [0.25, 0.3) is 0 Å². The van der Waals surface area contributed by atoms with Crippen molar-refractivity contribution in [2.45, 2.75) is 53.6 Å². The molecule has 3 atom stereocenters. The molecule has 0 aliphatic carbocycles. The lowest BCUT2D eigenvalue weighted by molar-refractivity contribution is -0.0101. The molecule has 1 aliphatic heterocycles. The molecule has 1 heterocycles. The fourth-order valence-electron chi connectivity index (χ4n) is 3.20. The number of benzene rings is 2. The van der Waals surface area contributed by atoms with E-state index in [9.17, 15) is 9.12 Å². The van der Waals surface area contributed by atoms with Gasteiger partial charge in [-0.3, -0.25) is 4.21 Å². The van der Waals surface area contributed by atoms with Crippen molar-refractivity contribution in [1.29, 1.82) is 0 Å². The molecular weight excluding hydrogens is 420 g/mol. The summed E-state index contributed by atoms with van der Waals surface area (Å²) >= 11 is 1.37. The van der Waals surface area contributed by atoms with E-state index in [1.807, 2.05) is 24.3 Å². The Balaban J connectivity index is 0.000000297. The molecular formula is C22H28N2O4S2. The van der Waals surface area contributed by atoms with Crippen molar-refractivity contribution >= 4 is 33.9 Å². The smallest absolute Gasteiger partial charge is 0.148 e. The summed E-state index contributed by atoms with van der Waals surface area (Å²) in [6.07, 6.45) is 4.35. The van der Waals surface area contributed by atoms with Crippen LogP contribution in [0.4, 0.5) is 11.4 Å². The van der Waals surface area contributed by atoms with Crippen LogP contribution in [0.2, 0.25) is 0 Å². The number of hydrogen-bond donors (Lipinski definition) is 1. The molecule has 3 rings (SSSR count). The Bertz CT molecular complexity index is 921. The highest BCUT2D eigenvalue weighted by Crippen LogP contribution is 2.42. The molecule has 2 N–H and O–H groups in total. The van der Waals surface area contributed by atoms with Crippen LogP contribution in [0, 0.1) is 4.91 Å². The van der Waals surface area contributed by atoms with Crippen molar-refractivity contribution < 1.29 is 13.7 Å². The average molecular weight is 449 g/mol. The summed E-state index contributed by atoms with van der Waals surface area (Å²) in [6, 6.07) is 10.8. The van der Waals surface area contributed by atoms with Crippen molar-refractivity contribution in [3.05, 3.63) is 53.5 Å². The number of nitrogens with two attached hydrogens (primary N) is 1. The lowest BCUT2D eigenvalue weighted by atomic mass is 10.0. The first-order valence-corrected chi connectivity index (χ1v) is 11.9. The number of ether oxygens (including phenoxy) is 2. The van der Waals surface area contributed by atoms with E-state index in [0.29, 0.717) is 27.7 Å². The second-order valence-corrected chi connectivity index (χ2v) is 9.47. The van der Waals surface area contributed by atoms with E-state index in [2.05, 4.69) is 25.6 Å². The van der Waals surface area contributed by atoms with Gasteiger partial charge >= 0.3 is 0 Å². The monoisotopic (exact) mass is 448 g/mol. The largest absolute Gasteiger partial charge is 0.496 e. The van der Waals surface area contributed by atoms with E-state index in [0.717, 1.165) is 17.7 Å². The highest BCUT2D eigenvalue weighted by molar-refractivity contribution is 7.99. The summed E-state index contributed by atoms with van der Waals surface area (Å²) in [5, 5.41) is 2.92. The number of methoxy groups -OCH3 is 1. The molecule has 0 aromatic heterocycles. The summed E-state index contributed by atoms with van der Waals surface area (Å²) in [5.74, 6) is 0.714. The molecule has 1 saturated heterocycles. The minimum atomic E-state index is -1.32. The summed E-state index contributed by atoms with van der Waals surface area (Å²) in [5.41, 5.74) is 7.58. The second-order valence-electron chi connectivity index (χ2n) is 7.04. The number of nitrogen functional groups attached to an aromatic ring is 1. The second kappa shape index (κ2) is 11.3. The first-order valence-electron chi connectivity index (χ1n) is 9.49. The van der Waals surface area contributed by atoms with Crippen molar-refractivity contribution in [3.63, 3.8) is 0 Å². The van der Waals surface area contributed by atoms with Crippen molar-refractivity contribution in [3.8, 4) is 5.75 Å². The molecule has 3 unspecified atom stereocenters. The van der Waals surface area contributed by atoms with Gasteiger partial charge in [0.1, 0.15) is 11.4 Å². The molecule has 1 aliphatic rings. The minimum Gasteiger partial charge on any atom is -0.496 e. The van der Waals surface area contributed by atoms with Crippen molar-refractivity contribution in [2.24, 2.45) is 5.18 Å². The van der Waals surface area contributed by atoms with Crippen molar-refractivity contribution in [1.82, 2.24) is 0 Å². The number of rotatable bonds is 5. The summed E-state index contributed by atoms with van der Waals surface area (Å²) in [4.78, 5) is 12.9. The minimum absolute atomic E-state index is 0.0377. The van der Waals surface area contributed by atoms with Gasteiger partial charge in [0.2, 0.25) is 0 Å². The van der Waals surface area contributed by atoms with Gasteiger partial charge in [-0.1, -0.05) is 36.0 Å². The maximum absolute atomic E-state index is 11.6. The van der Waals surface area contributed by atoms with Gasteiger partial charge in [0.05, 0.1) is 45.6 Å². The van der Waals surface area contributed by atoms with E-state index in [-0.39, 0.29) is 11.4 Å². The zero-order valence-corrected chi connectivity index (χ0v) is 19.3. The molecule has 6 nitrogen and oxygen atoms in total. The predicted molar refractivity (Wildman–Crippen MR) is 124 cm³/mol. The normalized spacial score (nSPS) is 19.4. The fourth-order valence-corrected chi connectivity index (χ4v) is 4.85. The van der Waals surface area contributed by atoms with Crippen LogP contribution in [0.15, 0.2) is 68.4 Å². The maximum atomic E-state index is 11.6. The molecule has 162 valence electrons. The van der Waals surface area contributed by atoms with Crippen LogP contribution in [0.5, 0.6) is 5.75 Å². The van der Waals surface area contributed by atoms with Gasteiger partial charge in [0, 0.05) is 11.2 Å². The van der Waals surface area contributed by atoms with Crippen molar-refractivity contribution in [2.75, 3.05) is 19.1 Å². The van der Waals surface area contributed by atoms with Gasteiger partial charge in [0.15, 0.2) is 0 Å². The maximum Gasteiger partial charge on any atom is 0.148 e. The first-order chi connectivity index (χ1) is 14.3. The van der Waals surface area contributed by atoms with E-state index < -0.39 is 10.8 Å². The predicted octanol–water partition coefficient (Wildman–Crippen LogP) is 5.69. The van der Waals surface area contributed by atoms with Gasteiger partial charge < -0.3 is 15.2 Å². The standard InChI is InChI=1S/C14H14N2O3S2.C8H14O/c1-19-9-5-3-4-6-10(9)20-11-7-8-12(21(2)18)14(16-17)13(11)15;1-6-4-7(2)9-8(3)5-6/h3-8H,15H2,1-2H3;7-8H,1,4-5H2,2-3H3. The molecule has 0 saturated carbocycles. The molecule has 2 aromatic carbocycles. The highest BCUT2D eigenvalue weighted by atomic mass is 32.2. The Labute approximate surface area is 184 Å². The van der Waals surface area contributed by atoms with Crippen LogP contribution in [0.1, 0.15) is 26.7 Å². The Morgan fingerprint density at radius 1 is 1.17 bits per heavy atom. The number of para-hydroxylation sites is 1. The molecule has 1 fully saturated rings. The lowest BCUT2D eigenvalue weighted by Crippen LogP contribution is -2.23. The van der Waals surface area contributed by atoms with Gasteiger partial charge in [-0.2, -0.15) is 0 Å². The van der Waals surface area contributed by atoms with Crippen LogP contribution in [0.3, 0.4) is 0 Å². The zero-order chi connectivity index (χ0) is 22.3. The third-order valence-corrected chi connectivity index (χ3v) is 6.53. The molecule has 2 aromatic rings. The van der Waals surface area contributed by atoms with Crippen LogP contribution in [-0.2, 0) is 15.5 Å². The molecule has 0 radical (unpaired) electrons. The molecule has 8 heteroatoms. The Hall–Kier alpha value is -2.16. The summed E-state index contributed by atoms with van der Waals surface area (Å²) < 4.78 is 22.4.